The Hall–Kier alpha value is -2.48. The summed E-state index contributed by atoms with van der Waals surface area (Å²) in [5.41, 5.74) is 8.64. The first kappa shape index (κ1) is 14.1. The topological polar surface area (TPSA) is 86.1 Å². The predicted octanol–water partition coefficient (Wildman–Crippen LogP) is 1.32. The van der Waals surface area contributed by atoms with Crippen LogP contribution < -0.4 is 11.1 Å². The fraction of sp³-hybridized carbons (Fsp3) is 0.400. The number of aromatic nitrogens is 5. The zero-order valence-corrected chi connectivity index (χ0v) is 12.8. The van der Waals surface area contributed by atoms with Crippen LogP contribution in [0.4, 0.5) is 10.2 Å². The third-order valence-corrected chi connectivity index (χ3v) is 4.35. The van der Waals surface area contributed by atoms with Gasteiger partial charge in [-0.2, -0.15) is 14.7 Å². The first-order valence-electron chi connectivity index (χ1n) is 7.67. The van der Waals surface area contributed by atoms with E-state index >= 15 is 0 Å². The molecule has 120 valence electrons. The summed E-state index contributed by atoms with van der Waals surface area (Å²) in [6.07, 6.45) is 7.17. The number of nitrogens with zero attached hydrogens (tertiary/aromatic N) is 5. The van der Waals surface area contributed by atoms with Gasteiger partial charge in [0.1, 0.15) is 0 Å². The van der Waals surface area contributed by atoms with Crippen LogP contribution >= 0.6 is 0 Å². The molecule has 1 saturated heterocycles. The monoisotopic (exact) mass is 315 g/mol. The number of nitrogen functional groups attached to an aromatic ring is 1. The Labute approximate surface area is 132 Å². The third-order valence-electron chi connectivity index (χ3n) is 4.35. The van der Waals surface area contributed by atoms with Crippen molar-refractivity contribution in [1.82, 2.24) is 29.7 Å². The van der Waals surface area contributed by atoms with Crippen LogP contribution in [0.2, 0.25) is 0 Å². The van der Waals surface area contributed by atoms with Gasteiger partial charge in [-0.3, -0.25) is 4.68 Å². The molecule has 0 aromatic carbocycles. The maximum atomic E-state index is 14.6. The molecule has 0 aliphatic carbocycles. The average Bonchev–Trinajstić information content (AvgIpc) is 3.17. The van der Waals surface area contributed by atoms with Crippen LogP contribution in [0, 0.1) is 5.82 Å². The summed E-state index contributed by atoms with van der Waals surface area (Å²) in [5.74, 6) is -0.426. The van der Waals surface area contributed by atoms with Gasteiger partial charge in [-0.1, -0.05) is 0 Å². The summed E-state index contributed by atoms with van der Waals surface area (Å²) in [6, 6.07) is 0. The summed E-state index contributed by atoms with van der Waals surface area (Å²) in [5, 5.41) is 11.6. The van der Waals surface area contributed by atoms with Gasteiger partial charge in [-0.15, -0.1) is 0 Å². The number of anilines is 1. The number of piperidine rings is 1. The largest absolute Gasteiger partial charge is 0.381 e. The molecule has 3 N–H and O–H groups in total. The van der Waals surface area contributed by atoms with Crippen LogP contribution in [0.15, 0.2) is 18.6 Å². The Balaban J connectivity index is 1.89. The third kappa shape index (κ3) is 2.26. The Bertz CT molecular complexity index is 860. The van der Waals surface area contributed by atoms with Gasteiger partial charge in [-0.25, -0.2) is 9.37 Å². The fourth-order valence-corrected chi connectivity index (χ4v) is 3.13. The van der Waals surface area contributed by atoms with E-state index in [0.717, 1.165) is 37.1 Å². The number of hydrogen-bond acceptors (Lipinski definition) is 5. The normalized spacial score (nSPS) is 18.6. The van der Waals surface area contributed by atoms with E-state index in [9.17, 15) is 4.39 Å². The molecule has 1 atom stereocenters. The van der Waals surface area contributed by atoms with Crippen LogP contribution in [-0.2, 0) is 7.05 Å². The van der Waals surface area contributed by atoms with E-state index in [0.29, 0.717) is 11.3 Å². The lowest BCUT2D eigenvalue weighted by Gasteiger charge is -2.23. The first-order chi connectivity index (χ1) is 11.1. The summed E-state index contributed by atoms with van der Waals surface area (Å²) < 4.78 is 17.7. The molecular weight excluding hydrogens is 297 g/mol. The summed E-state index contributed by atoms with van der Waals surface area (Å²) in [6.45, 7) is 1.68. The van der Waals surface area contributed by atoms with E-state index in [1.165, 1.54) is 4.52 Å². The molecule has 1 fully saturated rings. The van der Waals surface area contributed by atoms with E-state index in [-0.39, 0.29) is 11.7 Å². The lowest BCUT2D eigenvalue weighted by molar-refractivity contribution is 0.437. The molecule has 3 aromatic rings. The minimum atomic E-state index is -0.466. The van der Waals surface area contributed by atoms with Crippen molar-refractivity contribution in [3.05, 3.63) is 30.1 Å². The zero-order valence-electron chi connectivity index (χ0n) is 12.8. The van der Waals surface area contributed by atoms with Crippen molar-refractivity contribution in [3.63, 3.8) is 0 Å². The average molecular weight is 315 g/mol. The summed E-state index contributed by atoms with van der Waals surface area (Å²) in [4.78, 5) is 4.57. The second-order valence-electron chi connectivity index (χ2n) is 5.94. The second-order valence-corrected chi connectivity index (χ2v) is 5.94. The number of nitrogens with two attached hydrogens (primary N) is 1. The molecule has 3 aromatic heterocycles. The maximum Gasteiger partial charge on any atom is 0.187 e. The molecule has 1 aliphatic rings. The van der Waals surface area contributed by atoms with Gasteiger partial charge in [0.25, 0.3) is 0 Å². The van der Waals surface area contributed by atoms with Gasteiger partial charge in [-0.05, 0) is 19.4 Å². The molecule has 23 heavy (non-hydrogen) atoms. The first-order valence-corrected chi connectivity index (χ1v) is 7.67. The second kappa shape index (κ2) is 5.31. The van der Waals surface area contributed by atoms with Crippen molar-refractivity contribution in [2.45, 2.75) is 18.8 Å². The van der Waals surface area contributed by atoms with Crippen molar-refractivity contribution < 1.29 is 4.39 Å². The van der Waals surface area contributed by atoms with Gasteiger partial charge in [0.05, 0.1) is 18.1 Å². The van der Waals surface area contributed by atoms with Gasteiger partial charge in [0.2, 0.25) is 0 Å². The lowest BCUT2D eigenvalue weighted by Crippen LogP contribution is -2.30. The van der Waals surface area contributed by atoms with E-state index in [1.54, 1.807) is 17.1 Å². The molecule has 0 amide bonds. The molecule has 1 aliphatic heterocycles. The highest BCUT2D eigenvalue weighted by Gasteiger charge is 2.25. The minimum absolute atomic E-state index is 0.00529. The molecule has 0 saturated carbocycles. The maximum absolute atomic E-state index is 14.6. The number of nitrogens with one attached hydrogen (secondary N) is 1. The number of aryl methyl sites for hydroxylation is 1. The zero-order chi connectivity index (χ0) is 16.0. The summed E-state index contributed by atoms with van der Waals surface area (Å²) in [7, 11) is 1.84. The van der Waals surface area contributed by atoms with E-state index in [4.69, 9.17) is 5.73 Å². The van der Waals surface area contributed by atoms with E-state index in [1.807, 2.05) is 13.2 Å². The molecule has 0 spiro atoms. The van der Waals surface area contributed by atoms with Crippen molar-refractivity contribution in [2.24, 2.45) is 7.05 Å². The van der Waals surface area contributed by atoms with Crippen molar-refractivity contribution in [1.29, 1.82) is 0 Å². The molecule has 0 bridgehead atoms. The van der Waals surface area contributed by atoms with Crippen molar-refractivity contribution >= 4 is 11.5 Å². The minimum Gasteiger partial charge on any atom is -0.381 e. The SMILES string of the molecule is Cn1cc(-c2cnn3c(N)c(F)c(C4CCCNC4)nc23)cn1. The highest BCUT2D eigenvalue weighted by molar-refractivity contribution is 5.77. The molecule has 7 nitrogen and oxygen atoms in total. The molecule has 4 rings (SSSR count). The van der Waals surface area contributed by atoms with Gasteiger partial charge in [0, 0.05) is 36.8 Å². The molecule has 1 unspecified atom stereocenters. The van der Waals surface area contributed by atoms with E-state index in [2.05, 4.69) is 20.5 Å². The van der Waals surface area contributed by atoms with Gasteiger partial charge in [0.15, 0.2) is 17.3 Å². The smallest absolute Gasteiger partial charge is 0.187 e. The quantitative estimate of drug-likeness (QED) is 0.745. The van der Waals surface area contributed by atoms with Crippen molar-refractivity contribution in [2.75, 3.05) is 18.8 Å². The van der Waals surface area contributed by atoms with Crippen LogP contribution in [0.25, 0.3) is 16.8 Å². The standard InChI is InChI=1S/C15H18FN7/c1-22-8-10(6-19-22)11-7-20-23-14(17)12(16)13(21-15(11)23)9-3-2-4-18-5-9/h6-9,18H,2-5,17H2,1H3. The highest BCUT2D eigenvalue weighted by Crippen LogP contribution is 2.30. The molecule has 8 heteroatoms. The van der Waals surface area contributed by atoms with Crippen LogP contribution in [0.1, 0.15) is 24.5 Å². The molecular formula is C15H18FN7. The van der Waals surface area contributed by atoms with Crippen molar-refractivity contribution in [3.8, 4) is 11.1 Å². The van der Waals surface area contributed by atoms with Crippen LogP contribution in [-0.4, -0.2) is 37.5 Å². The molecule has 4 heterocycles. The highest BCUT2D eigenvalue weighted by atomic mass is 19.1. The van der Waals surface area contributed by atoms with Gasteiger partial charge >= 0.3 is 0 Å². The Morgan fingerprint density at radius 3 is 2.91 bits per heavy atom. The van der Waals surface area contributed by atoms with Gasteiger partial charge < -0.3 is 11.1 Å². The van der Waals surface area contributed by atoms with Crippen LogP contribution in [0.3, 0.4) is 0 Å². The molecule has 0 radical (unpaired) electrons. The Morgan fingerprint density at radius 2 is 2.22 bits per heavy atom. The number of fused-ring (bicyclic) bond motifs is 1. The Morgan fingerprint density at radius 1 is 1.35 bits per heavy atom. The van der Waals surface area contributed by atoms with E-state index < -0.39 is 5.82 Å². The number of hydrogen-bond donors (Lipinski definition) is 2. The Kier molecular flexibility index (Phi) is 3.26. The number of halogens is 1. The summed E-state index contributed by atoms with van der Waals surface area (Å²) >= 11 is 0. The number of rotatable bonds is 2. The fourth-order valence-electron chi connectivity index (χ4n) is 3.13. The predicted molar refractivity (Wildman–Crippen MR) is 84.4 cm³/mol. The lowest BCUT2D eigenvalue weighted by atomic mass is 9.95. The van der Waals surface area contributed by atoms with Crippen LogP contribution in [0.5, 0.6) is 0 Å².